The Morgan fingerprint density at radius 1 is 1.06 bits per heavy atom. The number of hydrogen-bond acceptors (Lipinski definition) is 4. The molecular formula is C21H24ClF7N2O3. The Labute approximate surface area is 196 Å². The van der Waals surface area contributed by atoms with Gasteiger partial charge in [-0.3, -0.25) is 4.90 Å². The van der Waals surface area contributed by atoms with Gasteiger partial charge >= 0.3 is 18.4 Å². The van der Waals surface area contributed by atoms with Crippen LogP contribution in [0.5, 0.6) is 5.75 Å². The van der Waals surface area contributed by atoms with Crippen molar-refractivity contribution >= 4 is 17.7 Å². The van der Waals surface area contributed by atoms with Gasteiger partial charge < -0.3 is 14.4 Å². The van der Waals surface area contributed by atoms with Crippen molar-refractivity contribution in [2.75, 3.05) is 32.9 Å². The molecule has 0 bridgehead atoms. The molecule has 0 unspecified atom stereocenters. The predicted molar refractivity (Wildman–Crippen MR) is 108 cm³/mol. The van der Waals surface area contributed by atoms with Crippen LogP contribution in [0.25, 0.3) is 0 Å². The number of ether oxygens (including phenoxy) is 2. The van der Waals surface area contributed by atoms with Crippen molar-refractivity contribution < 1.29 is 45.0 Å². The molecule has 0 N–H and O–H groups in total. The van der Waals surface area contributed by atoms with Gasteiger partial charge in [0.1, 0.15) is 19.0 Å². The average molecular weight is 521 g/mol. The highest BCUT2D eigenvalue weighted by atomic mass is 35.5. The van der Waals surface area contributed by atoms with Crippen molar-refractivity contribution in [1.82, 2.24) is 9.80 Å². The van der Waals surface area contributed by atoms with E-state index >= 15 is 0 Å². The molecule has 1 spiro atoms. The van der Waals surface area contributed by atoms with Crippen LogP contribution in [0.3, 0.4) is 0 Å². The number of likely N-dealkylation sites (tertiary alicyclic amines) is 2. The fourth-order valence-electron chi connectivity index (χ4n) is 4.53. The summed E-state index contributed by atoms with van der Waals surface area (Å²) in [5, 5.41) is 0.344. The van der Waals surface area contributed by atoms with Gasteiger partial charge in [0.2, 0.25) is 0 Å². The molecule has 1 aromatic carbocycles. The van der Waals surface area contributed by atoms with Crippen LogP contribution in [0.4, 0.5) is 35.5 Å². The van der Waals surface area contributed by atoms with Gasteiger partial charge in [-0.1, -0.05) is 17.7 Å². The zero-order valence-electron chi connectivity index (χ0n) is 18.0. The number of halogens is 8. The molecular weight excluding hydrogens is 497 g/mol. The summed E-state index contributed by atoms with van der Waals surface area (Å²) in [6, 6.07) is 5.16. The Hall–Kier alpha value is -1.95. The number of carbonyl (C=O) groups excluding carboxylic acids is 1. The van der Waals surface area contributed by atoms with E-state index in [2.05, 4.69) is 9.64 Å². The zero-order valence-corrected chi connectivity index (χ0v) is 18.8. The summed E-state index contributed by atoms with van der Waals surface area (Å²) >= 11 is 6.08. The van der Waals surface area contributed by atoms with Crippen LogP contribution >= 0.6 is 11.6 Å². The molecule has 0 aromatic heterocycles. The third kappa shape index (κ3) is 6.18. The molecule has 2 fully saturated rings. The minimum Gasteiger partial charge on any atom is -0.489 e. The van der Waals surface area contributed by atoms with Crippen molar-refractivity contribution in [2.45, 2.75) is 56.2 Å². The Balaban J connectivity index is 1.63. The van der Waals surface area contributed by atoms with Crippen molar-refractivity contribution in [3.63, 3.8) is 0 Å². The van der Waals surface area contributed by atoms with Crippen LogP contribution in [0.1, 0.15) is 31.2 Å². The van der Waals surface area contributed by atoms with E-state index in [9.17, 15) is 35.5 Å². The van der Waals surface area contributed by atoms with E-state index in [1.54, 1.807) is 18.2 Å². The van der Waals surface area contributed by atoms with Gasteiger partial charge in [0.25, 0.3) is 6.10 Å². The molecule has 2 aliphatic heterocycles. The second kappa shape index (κ2) is 10.3. The number of alkyl halides is 7. The molecule has 3 rings (SSSR count). The Bertz CT molecular complexity index is 844. The van der Waals surface area contributed by atoms with Crippen LogP contribution in [0.2, 0.25) is 5.02 Å². The van der Waals surface area contributed by atoms with E-state index in [0.717, 1.165) is 29.8 Å². The third-order valence-corrected chi connectivity index (χ3v) is 6.52. The number of piperidine rings is 1. The van der Waals surface area contributed by atoms with Gasteiger partial charge in [-0.15, -0.1) is 0 Å². The van der Waals surface area contributed by atoms with Crippen molar-refractivity contribution in [3.05, 3.63) is 28.8 Å². The smallest absolute Gasteiger partial charge is 0.434 e. The zero-order chi connectivity index (χ0) is 25.1. The fourth-order valence-corrected chi connectivity index (χ4v) is 4.71. The lowest BCUT2D eigenvalue weighted by Gasteiger charge is -2.45. The highest BCUT2D eigenvalue weighted by molar-refractivity contribution is 6.32. The average Bonchev–Trinajstić information content (AvgIpc) is 3.12. The van der Waals surface area contributed by atoms with Crippen molar-refractivity contribution in [1.29, 1.82) is 0 Å². The van der Waals surface area contributed by atoms with E-state index in [0.29, 0.717) is 30.2 Å². The highest BCUT2D eigenvalue weighted by Crippen LogP contribution is 2.41. The van der Waals surface area contributed by atoms with Crippen LogP contribution in [0, 0.1) is 0 Å². The van der Waals surface area contributed by atoms with Gasteiger partial charge in [-0.05, 0) is 49.9 Å². The fraction of sp³-hybridized carbons (Fsp3) is 0.667. The molecule has 1 aromatic rings. The Kier molecular flexibility index (Phi) is 8.11. The van der Waals surface area contributed by atoms with Crippen molar-refractivity contribution in [3.8, 4) is 5.75 Å². The van der Waals surface area contributed by atoms with Gasteiger partial charge in [0.15, 0.2) is 0 Å². The predicted octanol–water partition coefficient (Wildman–Crippen LogP) is 5.75. The summed E-state index contributed by atoms with van der Waals surface area (Å²) in [5.41, 5.74) is 0.517. The van der Waals surface area contributed by atoms with Crippen molar-refractivity contribution in [2.24, 2.45) is 0 Å². The van der Waals surface area contributed by atoms with Crippen LogP contribution in [0.15, 0.2) is 18.2 Å². The molecule has 2 saturated heterocycles. The quantitative estimate of drug-likeness (QED) is 0.448. The number of amides is 1. The molecule has 1 amide bonds. The summed E-state index contributed by atoms with van der Waals surface area (Å²) in [6.07, 6.45) is -14.9. The SMILES string of the molecule is O=C(OC(C(F)(F)F)C(F)(F)F)N1CCC2(CCCN2Cc2ccc(Cl)c(OCCF)c2)CC1. The number of nitrogens with zero attached hydrogens (tertiary/aromatic N) is 2. The molecule has 192 valence electrons. The Morgan fingerprint density at radius 3 is 2.29 bits per heavy atom. The lowest BCUT2D eigenvalue weighted by atomic mass is 9.85. The van der Waals surface area contributed by atoms with E-state index in [1.807, 2.05) is 0 Å². The van der Waals surface area contributed by atoms with Gasteiger partial charge in [-0.2, -0.15) is 26.3 Å². The van der Waals surface area contributed by atoms with Crippen LogP contribution < -0.4 is 4.74 Å². The first kappa shape index (κ1) is 26.7. The second-order valence-electron chi connectivity index (χ2n) is 8.39. The highest BCUT2D eigenvalue weighted by Gasteiger charge is 2.60. The minimum atomic E-state index is -5.75. The lowest BCUT2D eigenvalue weighted by Crippen LogP contribution is -2.54. The number of hydrogen-bond donors (Lipinski definition) is 0. The standard InChI is InChI=1S/C21H24ClF7N2O3/c22-15-3-2-14(12-16(15)33-11-7-23)13-31-8-1-4-19(31)5-9-30(10-6-19)18(32)34-17(20(24,25)26)21(27,28)29/h2-3,12,17H,1,4-11,13H2. The molecule has 5 nitrogen and oxygen atoms in total. The summed E-state index contributed by atoms with van der Waals surface area (Å²) in [7, 11) is 0. The first-order valence-corrected chi connectivity index (χ1v) is 11.0. The first-order chi connectivity index (χ1) is 15.9. The largest absolute Gasteiger partial charge is 0.489 e. The minimum absolute atomic E-state index is 0.0246. The van der Waals surface area contributed by atoms with Gasteiger partial charge in [-0.25, -0.2) is 9.18 Å². The monoisotopic (exact) mass is 520 g/mol. The number of benzene rings is 1. The maximum atomic E-state index is 12.7. The summed E-state index contributed by atoms with van der Waals surface area (Å²) in [6.45, 7) is 0.385. The summed E-state index contributed by atoms with van der Waals surface area (Å²) in [5.74, 6) is 0.353. The maximum Gasteiger partial charge on any atom is 0.434 e. The molecule has 2 aliphatic rings. The molecule has 0 saturated carbocycles. The molecule has 0 radical (unpaired) electrons. The summed E-state index contributed by atoms with van der Waals surface area (Å²) < 4.78 is 97.8. The van der Waals surface area contributed by atoms with E-state index in [1.165, 1.54) is 0 Å². The maximum absolute atomic E-state index is 12.7. The topological polar surface area (TPSA) is 42.0 Å². The second-order valence-corrected chi connectivity index (χ2v) is 8.79. The van der Waals surface area contributed by atoms with Crippen LogP contribution in [-0.4, -0.2) is 72.8 Å². The third-order valence-electron chi connectivity index (χ3n) is 6.21. The molecule has 2 heterocycles. The molecule has 34 heavy (non-hydrogen) atoms. The Morgan fingerprint density at radius 2 is 1.71 bits per heavy atom. The van der Waals surface area contributed by atoms with Crippen LogP contribution in [-0.2, 0) is 11.3 Å². The van der Waals surface area contributed by atoms with E-state index < -0.39 is 31.2 Å². The van der Waals surface area contributed by atoms with Gasteiger partial charge in [0, 0.05) is 25.2 Å². The number of carbonyl (C=O) groups is 1. The van der Waals surface area contributed by atoms with E-state index in [-0.39, 0.29) is 25.2 Å². The first-order valence-electron chi connectivity index (χ1n) is 10.7. The van der Waals surface area contributed by atoms with E-state index in [4.69, 9.17) is 16.3 Å². The molecule has 13 heteroatoms. The summed E-state index contributed by atoms with van der Waals surface area (Å²) in [4.78, 5) is 15.1. The van der Waals surface area contributed by atoms with Gasteiger partial charge in [0.05, 0.1) is 5.02 Å². The normalized spacial score (nSPS) is 19.1. The lowest BCUT2D eigenvalue weighted by molar-refractivity contribution is -0.308. The molecule has 0 atom stereocenters. The number of rotatable bonds is 6. The molecule has 0 aliphatic carbocycles.